The second kappa shape index (κ2) is 3.27. The van der Waals surface area contributed by atoms with Crippen LogP contribution < -0.4 is 0 Å². The van der Waals surface area contributed by atoms with Gasteiger partial charge in [-0.3, -0.25) is 4.18 Å². The van der Waals surface area contributed by atoms with Crippen molar-refractivity contribution in [1.82, 2.24) is 4.31 Å². The first kappa shape index (κ1) is 11.5. The topological polar surface area (TPSA) is 83.9 Å². The highest BCUT2D eigenvalue weighted by molar-refractivity contribution is 7.85. The summed E-state index contributed by atoms with van der Waals surface area (Å²) in [6.45, 7) is -0.380. The first-order valence-corrected chi connectivity index (χ1v) is 5.89. The van der Waals surface area contributed by atoms with E-state index in [1.807, 2.05) is 0 Å². The maximum absolute atomic E-state index is 12.6. The monoisotopic (exact) mass is 257 g/mol. The lowest BCUT2D eigenvalue weighted by molar-refractivity contribution is -0.123. The second-order valence-electron chi connectivity index (χ2n) is 3.91. The summed E-state index contributed by atoms with van der Waals surface area (Å²) in [5.41, 5.74) is 0. The number of carbonyl (C=O) groups is 1. The molecular formula is C7H9F2NO5S. The number of amides is 1. The molecule has 1 saturated carbocycles. The highest BCUT2D eigenvalue weighted by Gasteiger charge is 2.55. The van der Waals surface area contributed by atoms with Gasteiger partial charge in [0.05, 0.1) is 12.6 Å². The molecule has 9 heteroatoms. The lowest BCUT2D eigenvalue weighted by Crippen LogP contribution is -2.50. The summed E-state index contributed by atoms with van der Waals surface area (Å²) in [6.07, 6.45) is -2.70. The van der Waals surface area contributed by atoms with E-state index in [4.69, 9.17) is 5.11 Å². The third-order valence-corrected chi connectivity index (χ3v) is 4.13. The van der Waals surface area contributed by atoms with E-state index in [2.05, 4.69) is 4.18 Å². The minimum atomic E-state index is -4.31. The number of alkyl halides is 2. The molecule has 6 nitrogen and oxygen atoms in total. The van der Waals surface area contributed by atoms with Gasteiger partial charge in [-0.2, -0.15) is 12.7 Å². The first-order valence-electron chi connectivity index (χ1n) is 4.52. The summed E-state index contributed by atoms with van der Waals surface area (Å²) in [7, 11) is -4.31. The van der Waals surface area contributed by atoms with Crippen LogP contribution in [0.3, 0.4) is 0 Å². The van der Waals surface area contributed by atoms with Crippen LogP contribution in [0.4, 0.5) is 13.6 Å². The molecule has 1 saturated heterocycles. The number of rotatable bonds is 1. The zero-order chi connectivity index (χ0) is 12.1. The van der Waals surface area contributed by atoms with Crippen LogP contribution in [0.1, 0.15) is 12.8 Å². The maximum Gasteiger partial charge on any atom is 0.423 e. The van der Waals surface area contributed by atoms with E-state index in [1.165, 1.54) is 0 Å². The van der Waals surface area contributed by atoms with Gasteiger partial charge in [-0.05, 0) is 5.92 Å². The van der Waals surface area contributed by atoms with Crippen LogP contribution in [0, 0.1) is 5.92 Å². The van der Waals surface area contributed by atoms with Gasteiger partial charge in [-0.15, -0.1) is 0 Å². The fourth-order valence-corrected chi connectivity index (χ4v) is 3.17. The lowest BCUT2D eigenvalue weighted by atomic mass is 9.76. The van der Waals surface area contributed by atoms with Gasteiger partial charge in [-0.25, -0.2) is 13.6 Å². The molecular weight excluding hydrogens is 248 g/mol. The van der Waals surface area contributed by atoms with E-state index in [9.17, 15) is 22.0 Å². The van der Waals surface area contributed by atoms with Crippen molar-refractivity contribution in [3.8, 4) is 0 Å². The normalized spacial score (nSPS) is 32.4. The van der Waals surface area contributed by atoms with Crippen molar-refractivity contribution in [2.75, 3.05) is 6.61 Å². The zero-order valence-corrected chi connectivity index (χ0v) is 8.78. The van der Waals surface area contributed by atoms with Crippen LogP contribution in [0.25, 0.3) is 0 Å². The van der Waals surface area contributed by atoms with Crippen LogP contribution >= 0.6 is 0 Å². The van der Waals surface area contributed by atoms with Crippen LogP contribution in [0.2, 0.25) is 0 Å². The third-order valence-electron chi connectivity index (χ3n) is 2.78. The Morgan fingerprint density at radius 2 is 2.00 bits per heavy atom. The first-order chi connectivity index (χ1) is 7.23. The Balaban J connectivity index is 2.15. The Labute approximate surface area is 90.0 Å². The maximum atomic E-state index is 12.6. The van der Waals surface area contributed by atoms with E-state index in [0.717, 1.165) is 0 Å². The van der Waals surface area contributed by atoms with Crippen LogP contribution in [-0.4, -0.2) is 42.5 Å². The number of halogens is 2. The van der Waals surface area contributed by atoms with Crippen molar-refractivity contribution in [3.63, 3.8) is 0 Å². The van der Waals surface area contributed by atoms with E-state index in [-0.39, 0.29) is 10.9 Å². The molecule has 2 aliphatic rings. The molecule has 1 aliphatic heterocycles. The van der Waals surface area contributed by atoms with Crippen molar-refractivity contribution in [2.45, 2.75) is 24.8 Å². The van der Waals surface area contributed by atoms with Gasteiger partial charge in [0.2, 0.25) is 5.92 Å². The molecule has 0 aromatic carbocycles. The van der Waals surface area contributed by atoms with Crippen LogP contribution in [0.5, 0.6) is 0 Å². The second-order valence-corrected chi connectivity index (χ2v) is 5.40. The van der Waals surface area contributed by atoms with Gasteiger partial charge in [-0.1, -0.05) is 0 Å². The highest BCUT2D eigenvalue weighted by atomic mass is 32.2. The Morgan fingerprint density at radius 3 is 2.44 bits per heavy atom. The summed E-state index contributed by atoms with van der Waals surface area (Å²) in [4.78, 5) is 10.7. The standard InChI is InChI=1S/C7H9F2NO5S/c8-7(9)1-4(2-7)5-3-15-16(13,14)10(5)6(11)12/h4-5H,1-3H2,(H,11,12)/t5-/m1/s1. The predicted molar refractivity (Wildman–Crippen MR) is 46.2 cm³/mol. The molecule has 0 radical (unpaired) electrons. The molecule has 2 rings (SSSR count). The third kappa shape index (κ3) is 1.73. The van der Waals surface area contributed by atoms with Crippen LogP contribution in [-0.2, 0) is 14.5 Å². The molecule has 0 aromatic rings. The van der Waals surface area contributed by atoms with E-state index in [1.54, 1.807) is 0 Å². The minimum Gasteiger partial charge on any atom is -0.464 e. The number of hydrogen-bond acceptors (Lipinski definition) is 4. The quantitative estimate of drug-likeness (QED) is 0.745. The number of nitrogens with zero attached hydrogens (tertiary/aromatic N) is 1. The highest BCUT2D eigenvalue weighted by Crippen LogP contribution is 2.46. The van der Waals surface area contributed by atoms with Crippen molar-refractivity contribution < 1.29 is 31.3 Å². The van der Waals surface area contributed by atoms with E-state index in [0.29, 0.717) is 0 Å². The Kier molecular flexibility index (Phi) is 2.35. The summed E-state index contributed by atoms with van der Waals surface area (Å²) in [5, 5.41) is 8.70. The molecule has 2 fully saturated rings. The molecule has 1 atom stereocenters. The molecule has 92 valence electrons. The van der Waals surface area contributed by atoms with Gasteiger partial charge in [0.1, 0.15) is 0 Å². The van der Waals surface area contributed by atoms with Gasteiger partial charge in [0, 0.05) is 12.8 Å². The fourth-order valence-electron chi connectivity index (χ4n) is 1.99. The van der Waals surface area contributed by atoms with Crippen molar-refractivity contribution in [2.24, 2.45) is 5.92 Å². The molecule has 0 unspecified atom stereocenters. The zero-order valence-electron chi connectivity index (χ0n) is 7.97. The number of hydrogen-bond donors (Lipinski definition) is 1. The summed E-state index contributed by atoms with van der Waals surface area (Å²) in [5.74, 6) is -3.48. The molecule has 1 aliphatic carbocycles. The molecule has 0 spiro atoms. The summed E-state index contributed by atoms with van der Waals surface area (Å²) in [6, 6.07) is -1.03. The Bertz CT molecular complexity index is 414. The van der Waals surface area contributed by atoms with E-state index < -0.39 is 47.1 Å². The van der Waals surface area contributed by atoms with Gasteiger partial charge >= 0.3 is 16.4 Å². The molecule has 1 N–H and O–H groups in total. The van der Waals surface area contributed by atoms with Gasteiger partial charge in [0.15, 0.2) is 0 Å². The average Bonchev–Trinajstić information content (AvgIpc) is 2.36. The van der Waals surface area contributed by atoms with Crippen LogP contribution in [0.15, 0.2) is 0 Å². The summed E-state index contributed by atoms with van der Waals surface area (Å²) < 4.78 is 52.0. The number of carboxylic acid groups (broad SMARTS) is 1. The van der Waals surface area contributed by atoms with Crippen molar-refractivity contribution in [3.05, 3.63) is 0 Å². The van der Waals surface area contributed by atoms with Gasteiger partial charge < -0.3 is 5.11 Å². The molecule has 1 heterocycles. The molecule has 0 bridgehead atoms. The predicted octanol–water partition coefficient (Wildman–Crippen LogP) is 0.655. The smallest absolute Gasteiger partial charge is 0.423 e. The van der Waals surface area contributed by atoms with Crippen molar-refractivity contribution in [1.29, 1.82) is 0 Å². The minimum absolute atomic E-state index is 0.132. The largest absolute Gasteiger partial charge is 0.464 e. The molecule has 1 amide bonds. The Hall–Kier alpha value is -0.960. The van der Waals surface area contributed by atoms with E-state index >= 15 is 0 Å². The Morgan fingerprint density at radius 1 is 1.44 bits per heavy atom. The summed E-state index contributed by atoms with van der Waals surface area (Å²) >= 11 is 0. The average molecular weight is 257 g/mol. The van der Waals surface area contributed by atoms with Crippen molar-refractivity contribution >= 4 is 16.4 Å². The SMILES string of the molecule is O=C(O)N1[C@@H](C2CC(F)(F)C2)COS1(=O)=O. The van der Waals surface area contributed by atoms with Gasteiger partial charge in [0.25, 0.3) is 0 Å². The molecule has 0 aromatic heterocycles. The molecule has 16 heavy (non-hydrogen) atoms. The lowest BCUT2D eigenvalue weighted by Gasteiger charge is -2.39. The fraction of sp³-hybridized carbons (Fsp3) is 0.857.